The fourth-order valence-corrected chi connectivity index (χ4v) is 2.78. The summed E-state index contributed by atoms with van der Waals surface area (Å²) < 4.78 is 0. The lowest BCUT2D eigenvalue weighted by atomic mass is 10.00. The van der Waals surface area contributed by atoms with E-state index in [-0.39, 0.29) is 24.7 Å². The summed E-state index contributed by atoms with van der Waals surface area (Å²) in [4.78, 5) is 14.2. The molecule has 1 rings (SSSR count). The summed E-state index contributed by atoms with van der Waals surface area (Å²) >= 11 is 0. The molecule has 0 bridgehead atoms. The molecule has 0 spiro atoms. The summed E-state index contributed by atoms with van der Waals surface area (Å²) in [6.07, 6.45) is 8.66. The zero-order valence-electron chi connectivity index (χ0n) is 12.5. The lowest BCUT2D eigenvalue weighted by Gasteiger charge is -2.36. The fraction of sp³-hybridized carbons (Fsp3) is 0.933. The van der Waals surface area contributed by atoms with Crippen LogP contribution in [0.2, 0.25) is 0 Å². The molecule has 19 heavy (non-hydrogen) atoms. The first-order valence-electron chi connectivity index (χ1n) is 7.87. The monoisotopic (exact) mass is 270 g/mol. The Morgan fingerprint density at radius 3 is 2.89 bits per heavy atom. The zero-order chi connectivity index (χ0) is 14.1. The number of rotatable bonds is 7. The van der Waals surface area contributed by atoms with Crippen molar-refractivity contribution >= 4 is 6.03 Å². The van der Waals surface area contributed by atoms with Crippen molar-refractivity contribution in [3.63, 3.8) is 0 Å². The van der Waals surface area contributed by atoms with Crippen molar-refractivity contribution in [1.82, 2.24) is 10.2 Å². The second-order valence-electron chi connectivity index (χ2n) is 5.70. The number of hydrogen-bond donors (Lipinski definition) is 2. The van der Waals surface area contributed by atoms with Crippen LogP contribution in [0.3, 0.4) is 0 Å². The normalized spacial score (nSPS) is 21.2. The summed E-state index contributed by atoms with van der Waals surface area (Å²) in [7, 11) is 0. The van der Waals surface area contributed by atoms with Gasteiger partial charge in [0.05, 0.1) is 0 Å². The van der Waals surface area contributed by atoms with Gasteiger partial charge in [-0.15, -0.1) is 0 Å². The van der Waals surface area contributed by atoms with Gasteiger partial charge in [-0.25, -0.2) is 4.79 Å². The van der Waals surface area contributed by atoms with Crippen molar-refractivity contribution in [2.24, 2.45) is 0 Å². The summed E-state index contributed by atoms with van der Waals surface area (Å²) in [5, 5.41) is 12.2. The van der Waals surface area contributed by atoms with E-state index in [9.17, 15) is 4.79 Å². The van der Waals surface area contributed by atoms with E-state index < -0.39 is 0 Å². The lowest BCUT2D eigenvalue weighted by molar-refractivity contribution is 0.129. The largest absolute Gasteiger partial charge is 0.396 e. The number of unbranched alkanes of at least 4 members (excludes halogenated alkanes) is 2. The van der Waals surface area contributed by atoms with Crippen LogP contribution in [0.4, 0.5) is 4.79 Å². The molecule has 0 aromatic carbocycles. The van der Waals surface area contributed by atoms with E-state index in [4.69, 9.17) is 5.11 Å². The maximum Gasteiger partial charge on any atom is 0.317 e. The maximum atomic E-state index is 12.3. The molecular weight excluding hydrogens is 240 g/mol. The van der Waals surface area contributed by atoms with Crippen molar-refractivity contribution in [3.8, 4) is 0 Å². The smallest absolute Gasteiger partial charge is 0.317 e. The van der Waals surface area contributed by atoms with Gasteiger partial charge in [-0.05, 0) is 39.0 Å². The number of aliphatic hydroxyl groups is 1. The number of likely N-dealkylation sites (tertiary alicyclic amines) is 1. The quantitative estimate of drug-likeness (QED) is 0.699. The molecule has 2 unspecified atom stereocenters. The number of carbonyl (C=O) groups is 1. The molecule has 2 amide bonds. The van der Waals surface area contributed by atoms with Crippen LogP contribution in [0, 0.1) is 0 Å². The molecule has 0 radical (unpaired) electrons. The van der Waals surface area contributed by atoms with Gasteiger partial charge in [0, 0.05) is 25.2 Å². The Labute approximate surface area is 117 Å². The highest BCUT2D eigenvalue weighted by Crippen LogP contribution is 2.19. The molecule has 4 nitrogen and oxygen atoms in total. The molecule has 0 aromatic rings. The van der Waals surface area contributed by atoms with Gasteiger partial charge >= 0.3 is 6.03 Å². The Hall–Kier alpha value is -0.770. The minimum absolute atomic E-state index is 0.0575. The maximum absolute atomic E-state index is 12.3. The molecule has 1 heterocycles. The van der Waals surface area contributed by atoms with Crippen LogP contribution in [-0.4, -0.2) is 41.3 Å². The van der Waals surface area contributed by atoms with Gasteiger partial charge in [0.2, 0.25) is 0 Å². The van der Waals surface area contributed by atoms with E-state index in [2.05, 4.69) is 19.2 Å². The minimum atomic E-state index is 0.0575. The molecule has 1 saturated heterocycles. The van der Waals surface area contributed by atoms with Crippen LogP contribution in [0.25, 0.3) is 0 Å². The van der Waals surface area contributed by atoms with Crippen molar-refractivity contribution in [1.29, 1.82) is 0 Å². The molecule has 0 aliphatic carbocycles. The molecular formula is C15H30N2O2. The van der Waals surface area contributed by atoms with Crippen LogP contribution in [0.15, 0.2) is 0 Å². The zero-order valence-corrected chi connectivity index (χ0v) is 12.5. The predicted octanol–water partition coefficient (Wildman–Crippen LogP) is 2.90. The van der Waals surface area contributed by atoms with Gasteiger partial charge in [0.25, 0.3) is 0 Å². The molecule has 0 aromatic heterocycles. The second-order valence-corrected chi connectivity index (χ2v) is 5.70. The number of nitrogens with one attached hydrogen (secondary N) is 1. The number of hydrogen-bond acceptors (Lipinski definition) is 2. The first kappa shape index (κ1) is 16.3. The average Bonchev–Trinajstić information content (AvgIpc) is 2.40. The number of carbonyl (C=O) groups excluding carboxylic acids is 1. The Kier molecular flexibility index (Phi) is 7.87. The number of aliphatic hydroxyl groups excluding tert-OH is 1. The third kappa shape index (κ3) is 5.81. The van der Waals surface area contributed by atoms with Crippen molar-refractivity contribution in [2.75, 3.05) is 13.2 Å². The molecule has 112 valence electrons. The van der Waals surface area contributed by atoms with Gasteiger partial charge in [0.1, 0.15) is 0 Å². The van der Waals surface area contributed by atoms with E-state index in [0.717, 1.165) is 25.8 Å². The van der Waals surface area contributed by atoms with Crippen LogP contribution in [0.5, 0.6) is 0 Å². The van der Waals surface area contributed by atoms with E-state index in [1.54, 1.807) is 0 Å². The Balaban J connectivity index is 2.37. The van der Waals surface area contributed by atoms with Crippen molar-refractivity contribution < 1.29 is 9.90 Å². The number of urea groups is 1. The number of piperidine rings is 1. The van der Waals surface area contributed by atoms with Crippen molar-refractivity contribution in [2.45, 2.75) is 77.3 Å². The molecule has 1 aliphatic rings. The number of amides is 2. The standard InChI is InChI=1S/C15H30N2O2/c1-3-4-5-8-13(2)16-15(19)17-11-7-6-9-14(17)10-12-18/h13-14,18H,3-12H2,1-2H3,(H,16,19). The third-order valence-electron chi connectivity index (χ3n) is 3.96. The first-order valence-corrected chi connectivity index (χ1v) is 7.87. The molecule has 1 aliphatic heterocycles. The van der Waals surface area contributed by atoms with Gasteiger partial charge in [-0.1, -0.05) is 26.2 Å². The van der Waals surface area contributed by atoms with Crippen LogP contribution in [-0.2, 0) is 0 Å². The van der Waals surface area contributed by atoms with E-state index in [1.165, 1.54) is 25.7 Å². The Bertz CT molecular complexity index is 257. The molecule has 0 saturated carbocycles. The second kappa shape index (κ2) is 9.18. The highest BCUT2D eigenvalue weighted by Gasteiger charge is 2.26. The van der Waals surface area contributed by atoms with E-state index >= 15 is 0 Å². The topological polar surface area (TPSA) is 52.6 Å². The summed E-state index contributed by atoms with van der Waals surface area (Å²) in [5.41, 5.74) is 0. The minimum Gasteiger partial charge on any atom is -0.396 e. The third-order valence-corrected chi connectivity index (χ3v) is 3.96. The molecule has 2 atom stereocenters. The van der Waals surface area contributed by atoms with Gasteiger partial charge in [-0.3, -0.25) is 0 Å². The van der Waals surface area contributed by atoms with E-state index in [0.29, 0.717) is 6.42 Å². The van der Waals surface area contributed by atoms with Crippen LogP contribution in [0.1, 0.15) is 65.2 Å². The summed E-state index contributed by atoms with van der Waals surface area (Å²) in [6.45, 7) is 5.27. The molecule has 2 N–H and O–H groups in total. The van der Waals surface area contributed by atoms with Gasteiger partial charge in [0.15, 0.2) is 0 Å². The highest BCUT2D eigenvalue weighted by molar-refractivity contribution is 5.75. The van der Waals surface area contributed by atoms with Gasteiger partial charge in [-0.2, -0.15) is 0 Å². The predicted molar refractivity (Wildman–Crippen MR) is 78.2 cm³/mol. The molecule has 4 heteroatoms. The van der Waals surface area contributed by atoms with Gasteiger partial charge < -0.3 is 15.3 Å². The highest BCUT2D eigenvalue weighted by atomic mass is 16.3. The Morgan fingerprint density at radius 1 is 1.42 bits per heavy atom. The summed E-state index contributed by atoms with van der Waals surface area (Å²) in [6, 6.07) is 0.527. The fourth-order valence-electron chi connectivity index (χ4n) is 2.78. The Morgan fingerprint density at radius 2 is 2.21 bits per heavy atom. The van der Waals surface area contributed by atoms with Crippen molar-refractivity contribution in [3.05, 3.63) is 0 Å². The van der Waals surface area contributed by atoms with Crippen LogP contribution < -0.4 is 5.32 Å². The first-order chi connectivity index (χ1) is 9.19. The SMILES string of the molecule is CCCCCC(C)NC(=O)N1CCCCC1CCO. The summed E-state index contributed by atoms with van der Waals surface area (Å²) in [5.74, 6) is 0. The lowest BCUT2D eigenvalue weighted by Crippen LogP contribution is -2.51. The van der Waals surface area contributed by atoms with E-state index in [1.807, 2.05) is 4.90 Å². The number of nitrogens with zero attached hydrogens (tertiary/aromatic N) is 1. The molecule has 1 fully saturated rings. The average molecular weight is 270 g/mol. The van der Waals surface area contributed by atoms with Crippen LogP contribution >= 0.6 is 0 Å².